The van der Waals surface area contributed by atoms with Crippen molar-refractivity contribution in [2.75, 3.05) is 0 Å². The van der Waals surface area contributed by atoms with Crippen LogP contribution in [-0.4, -0.2) is 5.91 Å². The van der Waals surface area contributed by atoms with Gasteiger partial charge in [-0.25, -0.2) is 5.84 Å². The largest absolute Gasteiger partial charge is 0.294 e. The summed E-state index contributed by atoms with van der Waals surface area (Å²) in [5.41, 5.74) is 2.08. The molecule has 82 valence electrons. The van der Waals surface area contributed by atoms with Crippen LogP contribution in [0.5, 0.6) is 0 Å². The zero-order chi connectivity index (χ0) is 10.4. The molecule has 1 saturated carbocycles. The molecule has 0 aromatic rings. The maximum atomic E-state index is 11.6. The summed E-state index contributed by atoms with van der Waals surface area (Å²) in [6, 6.07) is 0. The van der Waals surface area contributed by atoms with Crippen LogP contribution in [0.4, 0.5) is 0 Å². The van der Waals surface area contributed by atoms with Gasteiger partial charge in [0.1, 0.15) is 0 Å². The van der Waals surface area contributed by atoms with Crippen molar-refractivity contribution in [1.29, 1.82) is 0 Å². The fourth-order valence-corrected chi connectivity index (χ4v) is 2.26. The second-order valence-corrected chi connectivity index (χ2v) is 4.66. The second-order valence-electron chi connectivity index (χ2n) is 4.66. The van der Waals surface area contributed by atoms with E-state index >= 15 is 0 Å². The van der Waals surface area contributed by atoms with Crippen molar-refractivity contribution in [2.45, 2.75) is 58.3 Å². The number of rotatable bonds is 1. The smallest absolute Gasteiger partial charge is 0.239 e. The minimum absolute atomic E-state index is 0.0133. The van der Waals surface area contributed by atoms with Gasteiger partial charge >= 0.3 is 0 Å². The van der Waals surface area contributed by atoms with Crippen molar-refractivity contribution in [3.63, 3.8) is 0 Å². The lowest BCUT2D eigenvalue weighted by molar-refractivity contribution is -0.131. The first kappa shape index (κ1) is 11.5. The summed E-state index contributed by atoms with van der Waals surface area (Å²) in [4.78, 5) is 11.6. The second kappa shape index (κ2) is 5.35. The predicted molar refractivity (Wildman–Crippen MR) is 57.4 cm³/mol. The zero-order valence-corrected chi connectivity index (χ0v) is 9.14. The van der Waals surface area contributed by atoms with Crippen molar-refractivity contribution < 1.29 is 4.79 Å². The van der Waals surface area contributed by atoms with E-state index in [9.17, 15) is 4.79 Å². The van der Waals surface area contributed by atoms with Crippen molar-refractivity contribution >= 4 is 5.91 Å². The van der Waals surface area contributed by atoms with Crippen molar-refractivity contribution in [3.05, 3.63) is 0 Å². The minimum Gasteiger partial charge on any atom is -0.294 e. The Morgan fingerprint density at radius 1 is 1.07 bits per heavy atom. The number of carbonyl (C=O) groups excluding carboxylic acids is 1. The monoisotopic (exact) mass is 198 g/mol. The fraction of sp³-hybridized carbons (Fsp3) is 0.909. The number of amides is 1. The highest BCUT2D eigenvalue weighted by Gasteiger charge is 2.31. The first-order valence-corrected chi connectivity index (χ1v) is 5.70. The third-order valence-electron chi connectivity index (χ3n) is 3.39. The molecule has 1 rings (SSSR count). The number of hydrogen-bond acceptors (Lipinski definition) is 2. The average Bonchev–Trinajstić information content (AvgIpc) is 2.30. The Kier molecular flexibility index (Phi) is 4.39. The van der Waals surface area contributed by atoms with Crippen molar-refractivity contribution in [1.82, 2.24) is 5.43 Å². The number of hydrogen-bond donors (Lipinski definition) is 2. The molecule has 3 heteroatoms. The van der Waals surface area contributed by atoms with E-state index in [1.807, 2.05) is 6.92 Å². The molecule has 0 aromatic heterocycles. The Morgan fingerprint density at radius 2 is 1.50 bits per heavy atom. The average molecular weight is 198 g/mol. The lowest BCUT2D eigenvalue weighted by Crippen LogP contribution is -2.42. The number of nitrogens with one attached hydrogen (secondary N) is 1. The summed E-state index contributed by atoms with van der Waals surface area (Å²) in [5.74, 6) is 5.23. The van der Waals surface area contributed by atoms with Crippen LogP contribution in [-0.2, 0) is 4.79 Å². The van der Waals surface area contributed by atoms with Crippen LogP contribution in [0, 0.1) is 5.41 Å². The molecular formula is C11H22N2O. The lowest BCUT2D eigenvalue weighted by atomic mass is 9.80. The van der Waals surface area contributed by atoms with E-state index in [1.54, 1.807) is 0 Å². The number of nitrogens with two attached hydrogens (primary N) is 1. The Hall–Kier alpha value is -0.570. The molecule has 0 spiro atoms. The highest BCUT2D eigenvalue weighted by Crippen LogP contribution is 2.32. The first-order valence-electron chi connectivity index (χ1n) is 5.70. The third-order valence-corrected chi connectivity index (χ3v) is 3.39. The van der Waals surface area contributed by atoms with Gasteiger partial charge in [0.25, 0.3) is 0 Å². The SMILES string of the molecule is CC1(C(=O)NN)CCCCCCCC1. The molecule has 1 aliphatic rings. The van der Waals surface area contributed by atoms with E-state index in [0.717, 1.165) is 25.7 Å². The summed E-state index contributed by atoms with van der Waals surface area (Å²) < 4.78 is 0. The maximum Gasteiger partial charge on any atom is 0.239 e. The van der Waals surface area contributed by atoms with E-state index in [2.05, 4.69) is 5.43 Å². The molecule has 14 heavy (non-hydrogen) atoms. The van der Waals surface area contributed by atoms with Gasteiger partial charge in [0.15, 0.2) is 0 Å². The zero-order valence-electron chi connectivity index (χ0n) is 9.14. The van der Waals surface area contributed by atoms with E-state index in [1.165, 1.54) is 25.7 Å². The van der Waals surface area contributed by atoms with Gasteiger partial charge in [-0.05, 0) is 12.8 Å². The summed E-state index contributed by atoms with van der Waals surface area (Å²) in [5, 5.41) is 0. The Bertz CT molecular complexity index is 182. The van der Waals surface area contributed by atoms with Crippen LogP contribution in [0.3, 0.4) is 0 Å². The van der Waals surface area contributed by atoms with Crippen LogP contribution in [0.1, 0.15) is 58.3 Å². The molecule has 0 bridgehead atoms. The standard InChI is InChI=1S/C11H22N2O/c1-11(10(14)13-12)8-6-4-2-3-5-7-9-11/h2-9,12H2,1H3,(H,13,14). The topological polar surface area (TPSA) is 55.1 Å². The van der Waals surface area contributed by atoms with Gasteiger partial charge in [-0.2, -0.15) is 0 Å². The van der Waals surface area contributed by atoms with Crippen molar-refractivity contribution in [3.8, 4) is 0 Å². The predicted octanol–water partition coefficient (Wildman–Crippen LogP) is 2.12. The molecule has 3 nitrogen and oxygen atoms in total. The lowest BCUT2D eigenvalue weighted by Gasteiger charge is -2.26. The third kappa shape index (κ3) is 2.98. The number of hydrazine groups is 1. The molecule has 0 aromatic carbocycles. The number of carbonyl (C=O) groups is 1. The van der Waals surface area contributed by atoms with E-state index < -0.39 is 0 Å². The normalized spacial score (nSPS) is 23.0. The highest BCUT2D eigenvalue weighted by molar-refractivity contribution is 5.81. The molecule has 1 fully saturated rings. The van der Waals surface area contributed by atoms with E-state index in [0.29, 0.717) is 0 Å². The van der Waals surface area contributed by atoms with Gasteiger partial charge in [-0.1, -0.05) is 45.4 Å². The molecule has 0 atom stereocenters. The molecule has 0 saturated heterocycles. The molecule has 0 unspecified atom stereocenters. The van der Waals surface area contributed by atoms with E-state index in [4.69, 9.17) is 5.84 Å². The summed E-state index contributed by atoms with van der Waals surface area (Å²) in [7, 11) is 0. The van der Waals surface area contributed by atoms with Gasteiger partial charge in [0.05, 0.1) is 0 Å². The van der Waals surface area contributed by atoms with Gasteiger partial charge in [-0.3, -0.25) is 10.2 Å². The van der Waals surface area contributed by atoms with Crippen molar-refractivity contribution in [2.24, 2.45) is 11.3 Å². The van der Waals surface area contributed by atoms with Crippen LogP contribution in [0.15, 0.2) is 0 Å². The van der Waals surface area contributed by atoms with Crippen LogP contribution < -0.4 is 11.3 Å². The van der Waals surface area contributed by atoms with Crippen LogP contribution in [0.25, 0.3) is 0 Å². The molecule has 0 radical (unpaired) electrons. The Morgan fingerprint density at radius 3 is 1.93 bits per heavy atom. The quantitative estimate of drug-likeness (QED) is 0.385. The molecule has 1 aliphatic carbocycles. The van der Waals surface area contributed by atoms with Gasteiger partial charge in [0, 0.05) is 5.41 Å². The highest BCUT2D eigenvalue weighted by atomic mass is 16.2. The van der Waals surface area contributed by atoms with Gasteiger partial charge in [0.2, 0.25) is 5.91 Å². The first-order chi connectivity index (χ1) is 6.69. The van der Waals surface area contributed by atoms with Gasteiger partial charge in [-0.15, -0.1) is 0 Å². The Labute approximate surface area is 86.4 Å². The summed E-state index contributed by atoms with van der Waals surface area (Å²) in [6.07, 6.45) is 9.43. The van der Waals surface area contributed by atoms with Crippen LogP contribution in [0.2, 0.25) is 0 Å². The summed E-state index contributed by atoms with van der Waals surface area (Å²) >= 11 is 0. The molecule has 0 aliphatic heterocycles. The maximum absolute atomic E-state index is 11.6. The molecule has 0 heterocycles. The Balaban J connectivity index is 2.57. The summed E-state index contributed by atoms with van der Waals surface area (Å²) in [6.45, 7) is 2.04. The minimum atomic E-state index is -0.223. The van der Waals surface area contributed by atoms with Crippen LogP contribution >= 0.6 is 0 Å². The van der Waals surface area contributed by atoms with Gasteiger partial charge < -0.3 is 0 Å². The molecular weight excluding hydrogens is 176 g/mol. The molecule has 1 amide bonds. The van der Waals surface area contributed by atoms with E-state index in [-0.39, 0.29) is 11.3 Å². The molecule has 3 N–H and O–H groups in total. The fourth-order valence-electron chi connectivity index (χ4n) is 2.26.